The Kier molecular flexibility index (Phi) is 6.36. The second-order valence-corrected chi connectivity index (χ2v) is 6.61. The predicted molar refractivity (Wildman–Crippen MR) is 114 cm³/mol. The van der Waals surface area contributed by atoms with Crippen molar-refractivity contribution in [2.24, 2.45) is 0 Å². The Bertz CT molecular complexity index is 1060. The van der Waals surface area contributed by atoms with E-state index in [9.17, 15) is 9.59 Å². The average molecular weight is 408 g/mol. The Morgan fingerprint density at radius 3 is 2.40 bits per heavy atom. The summed E-state index contributed by atoms with van der Waals surface area (Å²) in [6.07, 6.45) is 1.78. The number of likely N-dealkylation sites (N-methyl/N-ethyl adjacent to an activating group) is 1. The molecule has 8 heteroatoms. The highest BCUT2D eigenvalue weighted by molar-refractivity contribution is 6.04. The quantitative estimate of drug-likeness (QED) is 0.627. The van der Waals surface area contributed by atoms with Gasteiger partial charge in [0.1, 0.15) is 0 Å². The molecule has 0 bridgehead atoms. The lowest BCUT2D eigenvalue weighted by molar-refractivity contribution is -0.122. The molecular formula is C22H24N4O4. The van der Waals surface area contributed by atoms with Crippen molar-refractivity contribution in [1.82, 2.24) is 14.9 Å². The van der Waals surface area contributed by atoms with Crippen LogP contribution in [0.1, 0.15) is 21.7 Å². The first-order valence-corrected chi connectivity index (χ1v) is 9.36. The molecule has 8 nitrogen and oxygen atoms in total. The van der Waals surface area contributed by atoms with Gasteiger partial charge in [-0.1, -0.05) is 0 Å². The van der Waals surface area contributed by atoms with Gasteiger partial charge >= 0.3 is 0 Å². The maximum absolute atomic E-state index is 12.6. The van der Waals surface area contributed by atoms with Crippen molar-refractivity contribution in [2.45, 2.75) is 13.8 Å². The fourth-order valence-corrected chi connectivity index (χ4v) is 2.81. The molecule has 3 aromatic rings. The van der Waals surface area contributed by atoms with Crippen molar-refractivity contribution in [2.75, 3.05) is 26.1 Å². The number of anilines is 1. The molecule has 0 aliphatic rings. The molecule has 0 saturated heterocycles. The largest absolute Gasteiger partial charge is 0.493 e. The summed E-state index contributed by atoms with van der Waals surface area (Å²) >= 11 is 0. The third-order valence-corrected chi connectivity index (χ3v) is 4.72. The maximum atomic E-state index is 12.6. The van der Waals surface area contributed by atoms with Crippen molar-refractivity contribution >= 4 is 17.5 Å². The van der Waals surface area contributed by atoms with E-state index in [1.165, 1.54) is 14.2 Å². The number of hydrogen-bond acceptors (Lipinski definition) is 5. The van der Waals surface area contributed by atoms with Crippen LogP contribution in [0.15, 0.2) is 48.8 Å². The number of amides is 2. The summed E-state index contributed by atoms with van der Waals surface area (Å²) in [6, 6.07) is 12.3. The minimum atomic E-state index is -0.284. The summed E-state index contributed by atoms with van der Waals surface area (Å²) in [5, 5.41) is 5.34. The predicted octanol–water partition coefficient (Wildman–Crippen LogP) is 2.87. The number of aryl methyl sites for hydroxylation is 1. The van der Waals surface area contributed by atoms with E-state index in [2.05, 4.69) is 15.6 Å². The maximum Gasteiger partial charge on any atom is 0.257 e. The van der Waals surface area contributed by atoms with Crippen LogP contribution >= 0.6 is 0 Å². The summed E-state index contributed by atoms with van der Waals surface area (Å²) in [4.78, 5) is 28.3. The molecule has 30 heavy (non-hydrogen) atoms. The molecule has 1 aromatic heterocycles. The van der Waals surface area contributed by atoms with Gasteiger partial charge in [-0.2, -0.15) is 0 Å². The van der Waals surface area contributed by atoms with E-state index in [0.717, 1.165) is 17.1 Å². The Balaban J connectivity index is 1.71. The van der Waals surface area contributed by atoms with E-state index in [4.69, 9.17) is 9.47 Å². The highest BCUT2D eigenvalue weighted by Gasteiger charge is 2.13. The number of ether oxygens (including phenoxy) is 2. The van der Waals surface area contributed by atoms with Gasteiger partial charge in [0, 0.05) is 29.7 Å². The van der Waals surface area contributed by atoms with Crippen molar-refractivity contribution in [1.29, 1.82) is 0 Å². The Labute approximate surface area is 174 Å². The molecule has 2 amide bonds. The normalized spacial score (nSPS) is 10.4. The first-order valence-electron chi connectivity index (χ1n) is 9.36. The van der Waals surface area contributed by atoms with Gasteiger partial charge in [0.2, 0.25) is 0 Å². The Hall–Kier alpha value is -3.81. The number of nitrogens with zero attached hydrogens (tertiary/aromatic N) is 2. The van der Waals surface area contributed by atoms with Crippen LogP contribution < -0.4 is 20.1 Å². The smallest absolute Gasteiger partial charge is 0.257 e. The zero-order chi connectivity index (χ0) is 21.7. The standard InChI is InChI=1S/C22H24N4O4/c1-14-15(2)26(13-24-14)18-8-6-17(7-9-18)25-22(28)16-5-10-19(20(11-16)29-4)30-12-21(27)23-3/h5-11,13H,12H2,1-4H3,(H,23,27)(H,25,28). The number of aromatic nitrogens is 2. The molecule has 0 aliphatic heterocycles. The number of carbonyl (C=O) groups excluding carboxylic acids is 2. The molecule has 2 aromatic carbocycles. The third kappa shape index (κ3) is 4.60. The number of methoxy groups -OCH3 is 1. The number of hydrogen-bond donors (Lipinski definition) is 2. The first kappa shape index (κ1) is 20.9. The van der Waals surface area contributed by atoms with Crippen molar-refractivity contribution in [3.05, 3.63) is 65.7 Å². The van der Waals surface area contributed by atoms with Crippen molar-refractivity contribution < 1.29 is 19.1 Å². The van der Waals surface area contributed by atoms with Crippen LogP contribution in [0.5, 0.6) is 11.5 Å². The van der Waals surface area contributed by atoms with Crippen LogP contribution in [0.2, 0.25) is 0 Å². The highest BCUT2D eigenvalue weighted by atomic mass is 16.5. The van der Waals surface area contributed by atoms with E-state index in [1.54, 1.807) is 24.5 Å². The fraction of sp³-hybridized carbons (Fsp3) is 0.227. The summed E-state index contributed by atoms with van der Waals surface area (Å²) in [5.41, 5.74) is 4.08. The molecule has 0 aliphatic carbocycles. The van der Waals surface area contributed by atoms with Crippen LogP contribution in [-0.4, -0.2) is 42.1 Å². The lowest BCUT2D eigenvalue weighted by Crippen LogP contribution is -2.25. The number of imidazole rings is 1. The average Bonchev–Trinajstić information content (AvgIpc) is 3.10. The Morgan fingerprint density at radius 1 is 1.07 bits per heavy atom. The molecule has 0 unspecified atom stereocenters. The van der Waals surface area contributed by atoms with Gasteiger partial charge in [-0.3, -0.25) is 9.59 Å². The second kappa shape index (κ2) is 9.13. The van der Waals surface area contributed by atoms with Gasteiger partial charge in [-0.05, 0) is 56.3 Å². The number of rotatable bonds is 7. The lowest BCUT2D eigenvalue weighted by atomic mass is 10.1. The van der Waals surface area contributed by atoms with Crippen molar-refractivity contribution in [3.8, 4) is 17.2 Å². The topological polar surface area (TPSA) is 94.5 Å². The highest BCUT2D eigenvalue weighted by Crippen LogP contribution is 2.28. The van der Waals surface area contributed by atoms with E-state index >= 15 is 0 Å². The summed E-state index contributed by atoms with van der Waals surface area (Å²) < 4.78 is 12.7. The van der Waals surface area contributed by atoms with Crippen LogP contribution in [0.25, 0.3) is 5.69 Å². The van der Waals surface area contributed by atoms with Gasteiger partial charge in [0.05, 0.1) is 19.1 Å². The van der Waals surface area contributed by atoms with E-state index in [1.807, 2.05) is 42.7 Å². The molecule has 0 fully saturated rings. The van der Waals surface area contributed by atoms with Crippen LogP contribution in [0.4, 0.5) is 5.69 Å². The van der Waals surface area contributed by atoms with Gasteiger partial charge in [0.15, 0.2) is 18.1 Å². The third-order valence-electron chi connectivity index (χ3n) is 4.72. The van der Waals surface area contributed by atoms with E-state index < -0.39 is 0 Å². The number of nitrogens with one attached hydrogen (secondary N) is 2. The van der Waals surface area contributed by atoms with E-state index in [0.29, 0.717) is 22.7 Å². The molecular weight excluding hydrogens is 384 g/mol. The molecule has 0 radical (unpaired) electrons. The Morgan fingerprint density at radius 2 is 1.80 bits per heavy atom. The second-order valence-electron chi connectivity index (χ2n) is 6.61. The molecule has 3 rings (SSSR count). The fourth-order valence-electron chi connectivity index (χ4n) is 2.81. The van der Waals surface area contributed by atoms with Gasteiger partial charge in [-0.25, -0.2) is 4.98 Å². The minimum absolute atomic E-state index is 0.138. The lowest BCUT2D eigenvalue weighted by Gasteiger charge is -2.12. The zero-order valence-corrected chi connectivity index (χ0v) is 17.4. The van der Waals surface area contributed by atoms with Gasteiger partial charge in [0.25, 0.3) is 11.8 Å². The summed E-state index contributed by atoms with van der Waals surface area (Å²) in [5.74, 6) is 0.206. The first-order chi connectivity index (χ1) is 14.4. The van der Waals surface area contributed by atoms with Gasteiger partial charge in [-0.15, -0.1) is 0 Å². The monoisotopic (exact) mass is 408 g/mol. The molecule has 0 spiro atoms. The molecule has 1 heterocycles. The van der Waals surface area contributed by atoms with Crippen molar-refractivity contribution in [3.63, 3.8) is 0 Å². The van der Waals surface area contributed by atoms with Crippen LogP contribution in [0, 0.1) is 13.8 Å². The zero-order valence-electron chi connectivity index (χ0n) is 17.4. The SMILES string of the molecule is CNC(=O)COc1ccc(C(=O)Nc2ccc(-n3cnc(C)c3C)cc2)cc1OC. The summed E-state index contributed by atoms with van der Waals surface area (Å²) in [7, 11) is 3.00. The molecule has 2 N–H and O–H groups in total. The summed E-state index contributed by atoms with van der Waals surface area (Å²) in [6.45, 7) is 3.83. The molecule has 0 atom stereocenters. The number of benzene rings is 2. The van der Waals surface area contributed by atoms with E-state index in [-0.39, 0.29) is 18.4 Å². The van der Waals surface area contributed by atoms with Crippen LogP contribution in [-0.2, 0) is 4.79 Å². The number of carbonyl (C=O) groups is 2. The minimum Gasteiger partial charge on any atom is -0.493 e. The van der Waals surface area contributed by atoms with Gasteiger partial charge < -0.3 is 24.7 Å². The molecule has 0 saturated carbocycles. The molecule has 156 valence electrons. The van der Waals surface area contributed by atoms with Crippen LogP contribution in [0.3, 0.4) is 0 Å².